The molecular weight excluding hydrogens is 264 g/mol. The molecule has 1 aliphatic rings. The van der Waals surface area contributed by atoms with Crippen LogP contribution in [-0.4, -0.2) is 11.5 Å². The van der Waals surface area contributed by atoms with Gasteiger partial charge < -0.3 is 5.32 Å². The molecule has 0 aromatic carbocycles. The maximum atomic E-state index is 4.65. The highest BCUT2D eigenvalue weighted by Crippen LogP contribution is 2.41. The van der Waals surface area contributed by atoms with E-state index >= 15 is 0 Å². The summed E-state index contributed by atoms with van der Waals surface area (Å²) in [4.78, 5) is 6.14. The van der Waals surface area contributed by atoms with Crippen molar-refractivity contribution in [2.75, 3.05) is 6.54 Å². The van der Waals surface area contributed by atoms with E-state index in [1.54, 1.807) is 0 Å². The molecule has 0 aliphatic heterocycles. The molecule has 0 radical (unpaired) electrons. The van der Waals surface area contributed by atoms with Gasteiger partial charge in [0, 0.05) is 10.9 Å². The second-order valence-electron chi connectivity index (χ2n) is 6.64. The Labute approximate surface area is 128 Å². The smallest absolute Gasteiger partial charge is 0.0900 e. The molecule has 1 N–H and O–H groups in total. The molecule has 1 fully saturated rings. The quantitative estimate of drug-likeness (QED) is 0.837. The van der Waals surface area contributed by atoms with E-state index in [9.17, 15) is 0 Å². The van der Waals surface area contributed by atoms with E-state index in [4.69, 9.17) is 0 Å². The van der Waals surface area contributed by atoms with Gasteiger partial charge >= 0.3 is 0 Å². The molecule has 0 amide bonds. The summed E-state index contributed by atoms with van der Waals surface area (Å²) in [6.45, 7) is 12.5. The van der Waals surface area contributed by atoms with E-state index in [0.29, 0.717) is 6.04 Å². The maximum Gasteiger partial charge on any atom is 0.0900 e. The van der Waals surface area contributed by atoms with Crippen LogP contribution in [0.15, 0.2) is 0 Å². The number of hydrogen-bond acceptors (Lipinski definition) is 3. The second-order valence-corrected chi connectivity index (χ2v) is 7.88. The molecule has 1 aromatic heterocycles. The van der Waals surface area contributed by atoms with Crippen LogP contribution >= 0.6 is 11.3 Å². The summed E-state index contributed by atoms with van der Waals surface area (Å²) in [5.74, 6) is 2.53. The van der Waals surface area contributed by atoms with E-state index < -0.39 is 0 Å². The van der Waals surface area contributed by atoms with Gasteiger partial charge in [0.05, 0.1) is 10.7 Å². The van der Waals surface area contributed by atoms with Crippen molar-refractivity contribution in [1.82, 2.24) is 10.3 Å². The zero-order valence-electron chi connectivity index (χ0n) is 13.7. The van der Waals surface area contributed by atoms with Crippen LogP contribution in [0, 0.1) is 31.6 Å². The van der Waals surface area contributed by atoms with Gasteiger partial charge in [-0.2, -0.15) is 0 Å². The average Bonchev–Trinajstić information content (AvgIpc) is 2.73. The fourth-order valence-corrected chi connectivity index (χ4v) is 4.60. The van der Waals surface area contributed by atoms with Crippen LogP contribution in [-0.2, 0) is 0 Å². The van der Waals surface area contributed by atoms with Gasteiger partial charge in [-0.25, -0.2) is 4.98 Å². The highest BCUT2D eigenvalue weighted by molar-refractivity contribution is 7.11. The molecule has 0 spiro atoms. The highest BCUT2D eigenvalue weighted by Gasteiger charge is 2.32. The van der Waals surface area contributed by atoms with Gasteiger partial charge in [0.2, 0.25) is 0 Å². The summed E-state index contributed by atoms with van der Waals surface area (Å²) in [6.07, 6.45) is 5.31. The molecule has 3 heteroatoms. The van der Waals surface area contributed by atoms with Gasteiger partial charge in [-0.3, -0.25) is 0 Å². The van der Waals surface area contributed by atoms with Crippen molar-refractivity contribution in [1.29, 1.82) is 0 Å². The Bertz CT molecular complexity index is 427. The van der Waals surface area contributed by atoms with Crippen LogP contribution in [0.25, 0.3) is 0 Å². The number of hydrogen-bond donors (Lipinski definition) is 1. The maximum absolute atomic E-state index is 4.65. The Morgan fingerprint density at radius 1 is 1.25 bits per heavy atom. The number of rotatable bonds is 5. The molecule has 114 valence electrons. The van der Waals surface area contributed by atoms with Gasteiger partial charge in [0.15, 0.2) is 0 Å². The lowest BCUT2D eigenvalue weighted by atomic mass is 9.73. The first-order valence-electron chi connectivity index (χ1n) is 8.20. The largest absolute Gasteiger partial charge is 0.309 e. The predicted molar refractivity (Wildman–Crippen MR) is 88.3 cm³/mol. The summed E-state index contributed by atoms with van der Waals surface area (Å²) in [5, 5.41) is 5.02. The SMILES string of the molecule is CCCNC(c1sc(C)nc1C)C1CCC(C)C(C)C1. The summed E-state index contributed by atoms with van der Waals surface area (Å²) in [7, 11) is 0. The third-order valence-electron chi connectivity index (χ3n) is 4.95. The molecule has 1 heterocycles. The normalized spacial score (nSPS) is 28.6. The van der Waals surface area contributed by atoms with Crippen molar-refractivity contribution >= 4 is 11.3 Å². The topological polar surface area (TPSA) is 24.9 Å². The molecule has 1 aliphatic carbocycles. The van der Waals surface area contributed by atoms with Crippen molar-refractivity contribution < 1.29 is 0 Å². The van der Waals surface area contributed by atoms with Crippen LogP contribution in [0.3, 0.4) is 0 Å². The minimum Gasteiger partial charge on any atom is -0.309 e. The molecule has 0 bridgehead atoms. The Morgan fingerprint density at radius 2 is 2.00 bits per heavy atom. The van der Waals surface area contributed by atoms with Crippen molar-refractivity contribution in [3.05, 3.63) is 15.6 Å². The van der Waals surface area contributed by atoms with Gasteiger partial charge in [-0.05, 0) is 57.4 Å². The predicted octanol–water partition coefficient (Wildman–Crippen LogP) is 4.87. The van der Waals surface area contributed by atoms with Crippen molar-refractivity contribution in [3.8, 4) is 0 Å². The lowest BCUT2D eigenvalue weighted by Crippen LogP contribution is -2.33. The Balaban J connectivity index is 2.17. The first-order valence-corrected chi connectivity index (χ1v) is 9.01. The Hall–Kier alpha value is -0.410. The summed E-state index contributed by atoms with van der Waals surface area (Å²) < 4.78 is 0. The van der Waals surface area contributed by atoms with Crippen LogP contribution in [0.1, 0.15) is 68.1 Å². The lowest BCUT2D eigenvalue weighted by Gasteiger charge is -2.37. The lowest BCUT2D eigenvalue weighted by molar-refractivity contribution is 0.172. The van der Waals surface area contributed by atoms with Gasteiger partial charge in [-0.15, -0.1) is 11.3 Å². The molecular formula is C17H30N2S. The first kappa shape index (κ1) is 16.0. The minimum atomic E-state index is 0.524. The van der Waals surface area contributed by atoms with Crippen LogP contribution in [0.5, 0.6) is 0 Å². The Morgan fingerprint density at radius 3 is 2.55 bits per heavy atom. The van der Waals surface area contributed by atoms with E-state index in [0.717, 1.165) is 24.3 Å². The number of aryl methyl sites for hydroxylation is 2. The van der Waals surface area contributed by atoms with Crippen LogP contribution in [0.2, 0.25) is 0 Å². The standard InChI is InChI=1S/C17H30N2S/c1-6-9-18-16(17-13(4)19-14(5)20-17)15-8-7-11(2)12(3)10-15/h11-12,15-16,18H,6-10H2,1-5H3. The second kappa shape index (κ2) is 7.04. The third kappa shape index (κ3) is 3.62. The highest BCUT2D eigenvalue weighted by atomic mass is 32.1. The zero-order chi connectivity index (χ0) is 14.7. The van der Waals surface area contributed by atoms with E-state index in [-0.39, 0.29) is 0 Å². The fraction of sp³-hybridized carbons (Fsp3) is 0.824. The van der Waals surface area contributed by atoms with Gasteiger partial charge in [-0.1, -0.05) is 27.2 Å². The summed E-state index contributed by atoms with van der Waals surface area (Å²) >= 11 is 1.89. The molecule has 2 rings (SSSR count). The molecule has 1 saturated carbocycles. The third-order valence-corrected chi connectivity index (χ3v) is 6.10. The van der Waals surface area contributed by atoms with E-state index in [2.05, 4.69) is 44.9 Å². The molecule has 0 saturated heterocycles. The molecule has 20 heavy (non-hydrogen) atoms. The first-order chi connectivity index (χ1) is 9.52. The van der Waals surface area contributed by atoms with Crippen molar-refractivity contribution in [2.45, 2.75) is 66.3 Å². The summed E-state index contributed by atoms with van der Waals surface area (Å²) in [6, 6.07) is 0.524. The molecule has 1 aromatic rings. The van der Waals surface area contributed by atoms with Gasteiger partial charge in [0.25, 0.3) is 0 Å². The zero-order valence-corrected chi connectivity index (χ0v) is 14.5. The Kier molecular flexibility index (Phi) is 5.62. The molecule has 4 unspecified atom stereocenters. The number of thiazole rings is 1. The number of nitrogens with one attached hydrogen (secondary N) is 1. The monoisotopic (exact) mass is 294 g/mol. The number of nitrogens with zero attached hydrogens (tertiary/aromatic N) is 1. The summed E-state index contributed by atoms with van der Waals surface area (Å²) in [5.41, 5.74) is 1.24. The fourth-order valence-electron chi connectivity index (χ4n) is 3.50. The van der Waals surface area contributed by atoms with Crippen LogP contribution < -0.4 is 5.32 Å². The average molecular weight is 295 g/mol. The van der Waals surface area contributed by atoms with Gasteiger partial charge in [0.1, 0.15) is 0 Å². The molecule has 4 atom stereocenters. The van der Waals surface area contributed by atoms with Crippen molar-refractivity contribution in [2.24, 2.45) is 17.8 Å². The van der Waals surface area contributed by atoms with E-state index in [1.807, 2.05) is 11.3 Å². The van der Waals surface area contributed by atoms with E-state index in [1.165, 1.54) is 41.3 Å². The number of aromatic nitrogens is 1. The minimum absolute atomic E-state index is 0.524. The molecule has 2 nitrogen and oxygen atoms in total. The van der Waals surface area contributed by atoms with Crippen LogP contribution in [0.4, 0.5) is 0 Å². The van der Waals surface area contributed by atoms with Crippen molar-refractivity contribution in [3.63, 3.8) is 0 Å².